The molecule has 1 N–H and O–H groups in total. The van der Waals surface area contributed by atoms with Crippen molar-refractivity contribution in [2.75, 3.05) is 19.6 Å². The molecule has 0 saturated carbocycles. The van der Waals surface area contributed by atoms with E-state index in [-0.39, 0.29) is 34.9 Å². The van der Waals surface area contributed by atoms with Gasteiger partial charge in [-0.05, 0) is 56.4 Å². The monoisotopic (exact) mass is 379 g/mol. The Morgan fingerprint density at radius 3 is 2.46 bits per heavy atom. The maximum Gasteiger partial charge on any atom is 0.261 e. The highest BCUT2D eigenvalue weighted by Gasteiger charge is 2.39. The van der Waals surface area contributed by atoms with Crippen LogP contribution in [0.2, 0.25) is 0 Å². The second-order valence-corrected chi connectivity index (χ2v) is 7.97. The van der Waals surface area contributed by atoms with E-state index in [1.165, 1.54) is 0 Å². The summed E-state index contributed by atoms with van der Waals surface area (Å²) in [6, 6.07) is 11.0. The summed E-state index contributed by atoms with van der Waals surface area (Å²) in [4.78, 5) is 45.0. The maximum atomic E-state index is 13.2. The molecule has 2 aromatic rings. The number of hydrogen-bond acceptors (Lipinski definition) is 3. The number of nitrogens with zero attached hydrogens (tertiary/aromatic N) is 2. The fourth-order valence-electron chi connectivity index (χ4n) is 4.52. The molecular formula is C22H25N3O3. The molecule has 1 aromatic carbocycles. The Morgan fingerprint density at radius 1 is 1.00 bits per heavy atom. The molecule has 3 fully saturated rings. The second kappa shape index (κ2) is 7.26. The summed E-state index contributed by atoms with van der Waals surface area (Å²) in [5, 5.41) is 0. The van der Waals surface area contributed by atoms with E-state index in [9.17, 15) is 14.4 Å². The molecule has 2 atom stereocenters. The first-order valence-electron chi connectivity index (χ1n) is 9.80. The van der Waals surface area contributed by atoms with Gasteiger partial charge in [-0.3, -0.25) is 14.4 Å². The van der Waals surface area contributed by atoms with E-state index in [4.69, 9.17) is 0 Å². The lowest BCUT2D eigenvalue weighted by Crippen LogP contribution is -2.49. The molecule has 3 aliphatic heterocycles. The molecule has 0 aliphatic carbocycles. The van der Waals surface area contributed by atoms with Crippen molar-refractivity contribution in [1.29, 1.82) is 0 Å². The number of aromatic nitrogens is 1. The number of pyridine rings is 1. The average Bonchev–Trinajstić information content (AvgIpc) is 2.99. The van der Waals surface area contributed by atoms with Gasteiger partial charge in [0.05, 0.1) is 0 Å². The van der Waals surface area contributed by atoms with Crippen molar-refractivity contribution >= 4 is 11.8 Å². The third kappa shape index (κ3) is 3.35. The number of piperidine rings is 1. The zero-order valence-electron chi connectivity index (χ0n) is 16.3. The number of aromatic amines is 1. The standard InChI is InChI=1S/C22H25N3O3/c1-14-10-15(2)23-20(26)19(14)22(28)25-12-16-8-9-18(25)13-24(11-16)21(27)17-6-4-3-5-7-17/h3-7,10,16,18H,8-9,11-13H2,1-2H3,(H,23,26). The van der Waals surface area contributed by atoms with Gasteiger partial charge < -0.3 is 14.8 Å². The van der Waals surface area contributed by atoms with Gasteiger partial charge in [0.1, 0.15) is 5.56 Å². The van der Waals surface area contributed by atoms with Gasteiger partial charge in [-0.25, -0.2) is 0 Å². The number of carbonyl (C=O) groups is 2. The Labute approximate surface area is 164 Å². The lowest BCUT2D eigenvalue weighted by Gasteiger charge is -2.36. The quantitative estimate of drug-likeness (QED) is 0.871. The van der Waals surface area contributed by atoms with Gasteiger partial charge in [0.15, 0.2) is 0 Å². The van der Waals surface area contributed by atoms with Gasteiger partial charge in [-0.1, -0.05) is 18.2 Å². The van der Waals surface area contributed by atoms with Gasteiger partial charge in [-0.15, -0.1) is 0 Å². The highest BCUT2D eigenvalue weighted by Crippen LogP contribution is 2.30. The molecule has 2 unspecified atom stereocenters. The summed E-state index contributed by atoms with van der Waals surface area (Å²) >= 11 is 0. The number of amides is 2. The van der Waals surface area contributed by atoms with Crippen LogP contribution >= 0.6 is 0 Å². The highest BCUT2D eigenvalue weighted by molar-refractivity contribution is 5.96. The van der Waals surface area contributed by atoms with Crippen molar-refractivity contribution in [3.05, 3.63) is 69.1 Å². The lowest BCUT2D eigenvalue weighted by molar-refractivity contribution is 0.0572. The summed E-state index contributed by atoms with van der Waals surface area (Å²) in [6.45, 7) is 5.37. The van der Waals surface area contributed by atoms with Crippen LogP contribution in [0.5, 0.6) is 0 Å². The van der Waals surface area contributed by atoms with Crippen LogP contribution in [-0.2, 0) is 0 Å². The molecule has 28 heavy (non-hydrogen) atoms. The van der Waals surface area contributed by atoms with Crippen molar-refractivity contribution in [2.45, 2.75) is 32.7 Å². The van der Waals surface area contributed by atoms with E-state index < -0.39 is 0 Å². The fourth-order valence-corrected chi connectivity index (χ4v) is 4.52. The minimum Gasteiger partial charge on any atom is -0.336 e. The van der Waals surface area contributed by atoms with Crippen molar-refractivity contribution in [3.63, 3.8) is 0 Å². The van der Waals surface area contributed by atoms with Crippen LogP contribution < -0.4 is 5.56 Å². The third-order valence-corrected chi connectivity index (χ3v) is 5.86. The Hall–Kier alpha value is -2.89. The van der Waals surface area contributed by atoms with Gasteiger partial charge in [0, 0.05) is 36.9 Å². The molecule has 0 spiro atoms. The Kier molecular flexibility index (Phi) is 4.79. The molecule has 4 heterocycles. The van der Waals surface area contributed by atoms with Gasteiger partial charge in [0.25, 0.3) is 17.4 Å². The lowest BCUT2D eigenvalue weighted by atomic mass is 9.94. The second-order valence-electron chi connectivity index (χ2n) is 7.97. The Morgan fingerprint density at radius 2 is 1.75 bits per heavy atom. The number of carbonyl (C=O) groups excluding carboxylic acids is 2. The van der Waals surface area contributed by atoms with E-state index in [1.807, 2.05) is 53.1 Å². The van der Waals surface area contributed by atoms with E-state index >= 15 is 0 Å². The normalized spacial score (nSPS) is 21.5. The van der Waals surface area contributed by atoms with Crippen molar-refractivity contribution in [1.82, 2.24) is 14.8 Å². The molecule has 3 aliphatic rings. The van der Waals surface area contributed by atoms with Gasteiger partial charge in [0.2, 0.25) is 0 Å². The number of benzene rings is 1. The smallest absolute Gasteiger partial charge is 0.261 e. The molecular weight excluding hydrogens is 354 g/mol. The number of H-pyrrole nitrogens is 1. The van der Waals surface area contributed by atoms with Gasteiger partial charge in [-0.2, -0.15) is 0 Å². The zero-order chi connectivity index (χ0) is 19.8. The van der Waals surface area contributed by atoms with Crippen LogP contribution in [0.3, 0.4) is 0 Å². The predicted octanol–water partition coefficient (Wildman–Crippen LogP) is 2.37. The van der Waals surface area contributed by atoms with E-state index in [0.717, 1.165) is 18.5 Å². The molecule has 1 aromatic heterocycles. The highest BCUT2D eigenvalue weighted by atomic mass is 16.2. The van der Waals surface area contributed by atoms with Gasteiger partial charge >= 0.3 is 0 Å². The summed E-state index contributed by atoms with van der Waals surface area (Å²) in [6.07, 6.45) is 1.86. The van der Waals surface area contributed by atoms with Crippen LogP contribution in [0.1, 0.15) is 44.8 Å². The van der Waals surface area contributed by atoms with Crippen LogP contribution in [-0.4, -0.2) is 52.3 Å². The van der Waals surface area contributed by atoms with Crippen LogP contribution in [0.4, 0.5) is 0 Å². The molecule has 2 bridgehead atoms. The maximum absolute atomic E-state index is 13.2. The summed E-state index contributed by atoms with van der Waals surface area (Å²) in [5.41, 5.74) is 2.01. The largest absolute Gasteiger partial charge is 0.336 e. The fraction of sp³-hybridized carbons (Fsp3) is 0.409. The van der Waals surface area contributed by atoms with E-state index in [0.29, 0.717) is 30.8 Å². The molecule has 5 rings (SSSR count). The number of fused-ring (bicyclic) bond motifs is 4. The number of aryl methyl sites for hydroxylation is 2. The minimum atomic E-state index is -0.333. The first kappa shape index (κ1) is 18.5. The minimum absolute atomic E-state index is 0.0103. The molecule has 0 radical (unpaired) electrons. The van der Waals surface area contributed by atoms with Crippen molar-refractivity contribution < 1.29 is 9.59 Å². The first-order chi connectivity index (χ1) is 13.4. The summed E-state index contributed by atoms with van der Waals surface area (Å²) in [7, 11) is 0. The molecule has 6 heteroatoms. The van der Waals surface area contributed by atoms with Crippen molar-refractivity contribution in [2.24, 2.45) is 5.92 Å². The molecule has 3 saturated heterocycles. The Bertz CT molecular complexity index is 967. The van der Waals surface area contributed by atoms with E-state index in [2.05, 4.69) is 4.98 Å². The zero-order valence-corrected chi connectivity index (χ0v) is 16.3. The average molecular weight is 379 g/mol. The third-order valence-electron chi connectivity index (χ3n) is 5.86. The van der Waals surface area contributed by atoms with E-state index in [1.54, 1.807) is 6.92 Å². The first-order valence-corrected chi connectivity index (χ1v) is 9.80. The number of rotatable bonds is 2. The molecule has 146 valence electrons. The topological polar surface area (TPSA) is 73.5 Å². The number of hydrogen-bond donors (Lipinski definition) is 1. The summed E-state index contributed by atoms with van der Waals surface area (Å²) < 4.78 is 0. The van der Waals surface area contributed by atoms with Crippen molar-refractivity contribution in [3.8, 4) is 0 Å². The summed E-state index contributed by atoms with van der Waals surface area (Å²) in [5.74, 6) is 0.0267. The predicted molar refractivity (Wildman–Crippen MR) is 106 cm³/mol. The molecule has 6 nitrogen and oxygen atoms in total. The SMILES string of the molecule is Cc1cc(C)c(C(=O)N2CC3CCC2CN(C(=O)c2ccccc2)C3)c(=O)[nH]1. The Balaban J connectivity index is 1.60. The van der Waals surface area contributed by atoms with Crippen LogP contribution in [0.25, 0.3) is 0 Å². The van der Waals surface area contributed by atoms with Crippen LogP contribution in [0, 0.1) is 19.8 Å². The molecule has 2 amide bonds. The number of nitrogens with one attached hydrogen (secondary N) is 1. The van der Waals surface area contributed by atoms with Crippen LogP contribution in [0.15, 0.2) is 41.2 Å².